The molecule has 17 nitrogen and oxygen atoms in total. The Bertz CT molecular complexity index is 2830. The summed E-state index contributed by atoms with van der Waals surface area (Å²) in [6.07, 6.45) is -2.39. The van der Waals surface area contributed by atoms with Crippen molar-refractivity contribution in [2.75, 3.05) is 13.2 Å². The Balaban J connectivity index is 1.37. The first kappa shape index (κ1) is 58.6. The van der Waals surface area contributed by atoms with E-state index < -0.39 is 87.2 Å². The van der Waals surface area contributed by atoms with Gasteiger partial charge >= 0.3 is 24.1 Å². The summed E-state index contributed by atoms with van der Waals surface area (Å²) >= 11 is 3.50. The van der Waals surface area contributed by atoms with Crippen molar-refractivity contribution in [3.8, 4) is 11.1 Å². The molecule has 5 atom stereocenters. The SMILES string of the molecule is C[C@H](NC(=O)OC(C)(C)c1ccc(-c2ccccc2)cc1)C(=O)N[C@]1(c2nc(C(=O)OCC[Si](C)(C)C)cs2)CCC(c2nc(C(=O)OCC[Si](C)(C)C)cs2)=N[C@@H]1c1csc([C@@H](NC(=O)OC(C)(C)C)[C@@H](C)O)n1. The molecule has 2 aromatic carbocycles. The Hall–Kier alpha value is -5.66. The lowest BCUT2D eigenvalue weighted by Gasteiger charge is -2.41. The van der Waals surface area contributed by atoms with Crippen LogP contribution in [0.2, 0.25) is 51.4 Å². The van der Waals surface area contributed by atoms with Crippen molar-refractivity contribution in [1.29, 1.82) is 0 Å². The highest BCUT2D eigenvalue weighted by Gasteiger charge is 2.50. The minimum absolute atomic E-state index is 0.0356. The van der Waals surface area contributed by atoms with Crippen LogP contribution in [0, 0.1) is 0 Å². The first-order valence-corrected chi connectivity index (χ1v) is 35.0. The fraction of sp³-hybridized carbons (Fsp3) is 0.491. The monoisotopic (exact) mass is 1120 g/mol. The molecule has 0 saturated heterocycles. The lowest BCUT2D eigenvalue weighted by molar-refractivity contribution is -0.125. The van der Waals surface area contributed by atoms with Crippen LogP contribution in [0.15, 0.2) is 75.7 Å². The van der Waals surface area contributed by atoms with Gasteiger partial charge in [0.15, 0.2) is 11.4 Å². The van der Waals surface area contributed by atoms with Gasteiger partial charge in [0.05, 0.1) is 30.7 Å². The summed E-state index contributed by atoms with van der Waals surface area (Å²) in [5, 5.41) is 25.7. The van der Waals surface area contributed by atoms with Crippen LogP contribution >= 0.6 is 34.0 Å². The molecule has 0 fully saturated rings. The molecule has 75 heavy (non-hydrogen) atoms. The van der Waals surface area contributed by atoms with Crippen LogP contribution in [-0.2, 0) is 34.9 Å². The highest BCUT2D eigenvalue weighted by Crippen LogP contribution is 2.47. The smallest absolute Gasteiger partial charge is 0.408 e. The number of ether oxygens (including phenoxy) is 4. The van der Waals surface area contributed by atoms with E-state index in [1.165, 1.54) is 25.2 Å². The maximum absolute atomic E-state index is 14.8. The number of nitrogens with one attached hydrogen (secondary N) is 3. The standard InChI is InChI=1S/C53H71N7O10S3Si2/c1-32(54-49(65)70-52(6,7)36-21-19-35(20-22-36)34-17-15-14-16-18-34)43(62)60-53(48-58-40(31-73-48)47(64)68-26-28-75(11,12)13)24-23-37(44-57-39(30-71-44)46(63)67-25-27-74(8,9)10)55-42(53)38-29-72-45(56-38)41(33(2)61)59-50(66)69-51(3,4)5/h14-22,29-33,41-42,61H,23-28H2,1-13H3,(H,54,65)(H,59,66)(H,60,62)/t32-,33+,41-,42+,53+/m0/s1. The van der Waals surface area contributed by atoms with Gasteiger partial charge in [-0.1, -0.05) is 93.9 Å². The molecule has 5 aromatic rings. The van der Waals surface area contributed by atoms with Crippen LogP contribution < -0.4 is 16.0 Å². The zero-order chi connectivity index (χ0) is 55.1. The van der Waals surface area contributed by atoms with Gasteiger partial charge in [0, 0.05) is 32.3 Å². The zero-order valence-electron chi connectivity index (χ0n) is 45.1. The van der Waals surface area contributed by atoms with Gasteiger partial charge < -0.3 is 40.0 Å². The number of hydrogen-bond acceptors (Lipinski definition) is 17. The summed E-state index contributed by atoms with van der Waals surface area (Å²) in [7, 11) is -3.04. The molecule has 1 aliphatic heterocycles. The molecule has 3 aromatic heterocycles. The van der Waals surface area contributed by atoms with E-state index in [-0.39, 0.29) is 37.4 Å². The number of benzene rings is 2. The molecule has 4 N–H and O–H groups in total. The van der Waals surface area contributed by atoms with Crippen LogP contribution in [0.25, 0.3) is 11.1 Å². The predicted molar refractivity (Wildman–Crippen MR) is 299 cm³/mol. The van der Waals surface area contributed by atoms with Crippen LogP contribution in [0.3, 0.4) is 0 Å². The summed E-state index contributed by atoms with van der Waals surface area (Å²) in [6.45, 7) is 25.4. The van der Waals surface area contributed by atoms with Gasteiger partial charge in [-0.3, -0.25) is 9.79 Å². The Kier molecular flexibility index (Phi) is 18.9. The number of alkyl carbamates (subject to hydrolysis) is 2. The van der Waals surface area contributed by atoms with Crippen molar-refractivity contribution < 1.29 is 48.0 Å². The van der Waals surface area contributed by atoms with Crippen molar-refractivity contribution in [1.82, 2.24) is 30.9 Å². The minimum atomic E-state index is -1.55. The summed E-state index contributed by atoms with van der Waals surface area (Å²) in [5.41, 5.74) is 0.312. The van der Waals surface area contributed by atoms with E-state index in [1.807, 2.05) is 54.6 Å². The maximum Gasteiger partial charge on any atom is 0.408 e. The molecule has 404 valence electrons. The third kappa shape index (κ3) is 16.2. The molecular weight excluding hydrogens is 1050 g/mol. The number of esters is 2. The Labute approximate surface area is 453 Å². The largest absolute Gasteiger partial charge is 0.461 e. The fourth-order valence-electron chi connectivity index (χ4n) is 7.77. The average Bonchev–Trinajstić information content (AvgIpc) is 4.12. The van der Waals surface area contributed by atoms with E-state index >= 15 is 0 Å². The van der Waals surface area contributed by atoms with E-state index in [1.54, 1.807) is 50.8 Å². The van der Waals surface area contributed by atoms with Gasteiger partial charge in [-0.25, -0.2) is 34.1 Å². The Morgan fingerprint density at radius 3 is 1.89 bits per heavy atom. The lowest BCUT2D eigenvalue weighted by Crippen LogP contribution is -2.57. The third-order valence-corrected chi connectivity index (χ3v) is 18.3. The van der Waals surface area contributed by atoms with Crippen molar-refractivity contribution in [3.05, 3.63) is 108 Å². The predicted octanol–water partition coefficient (Wildman–Crippen LogP) is 11.0. The second-order valence-electron chi connectivity index (χ2n) is 22.6. The number of thiazole rings is 3. The number of carbonyl (C=O) groups excluding carboxylic acids is 5. The third-order valence-electron chi connectivity index (χ3n) is 12.1. The van der Waals surface area contributed by atoms with E-state index in [9.17, 15) is 29.1 Å². The lowest BCUT2D eigenvalue weighted by atomic mass is 9.80. The van der Waals surface area contributed by atoms with Crippen molar-refractivity contribution in [3.63, 3.8) is 0 Å². The molecule has 0 radical (unpaired) electrons. The van der Waals surface area contributed by atoms with E-state index in [4.69, 9.17) is 33.9 Å². The molecule has 0 spiro atoms. The number of carbonyl (C=O) groups is 5. The first-order chi connectivity index (χ1) is 35.0. The van der Waals surface area contributed by atoms with Crippen molar-refractivity contribution in [2.45, 2.75) is 154 Å². The second-order valence-corrected chi connectivity index (χ2v) is 36.4. The van der Waals surface area contributed by atoms with Crippen molar-refractivity contribution in [2.24, 2.45) is 4.99 Å². The molecule has 0 aliphatic carbocycles. The van der Waals surface area contributed by atoms with Gasteiger partial charge in [0.1, 0.15) is 49.9 Å². The minimum Gasteiger partial charge on any atom is -0.461 e. The number of aliphatic imine (C=N–C) groups is 1. The molecule has 0 bridgehead atoms. The van der Waals surface area contributed by atoms with Gasteiger partial charge in [-0.15, -0.1) is 34.0 Å². The fourth-order valence-corrected chi connectivity index (χ4v) is 12.0. The van der Waals surface area contributed by atoms with Crippen LogP contribution in [0.5, 0.6) is 0 Å². The number of amides is 3. The quantitative estimate of drug-likeness (QED) is 0.0323. The number of aromatic nitrogens is 3. The van der Waals surface area contributed by atoms with Gasteiger partial charge in [-0.2, -0.15) is 0 Å². The number of rotatable bonds is 20. The normalized spacial score (nSPS) is 17.4. The van der Waals surface area contributed by atoms with Crippen LogP contribution in [-0.4, -0.2) is 103 Å². The summed E-state index contributed by atoms with van der Waals surface area (Å²) in [6, 6.07) is 15.9. The maximum atomic E-state index is 14.8. The molecule has 0 saturated carbocycles. The number of nitrogens with zero attached hydrogens (tertiary/aromatic N) is 4. The Morgan fingerprint density at radius 1 is 0.733 bits per heavy atom. The first-order valence-electron chi connectivity index (χ1n) is 25.0. The molecule has 0 unspecified atom stereocenters. The highest BCUT2D eigenvalue weighted by atomic mass is 32.1. The second kappa shape index (κ2) is 24.1. The molecule has 6 rings (SSSR count). The average molecular weight is 1120 g/mol. The highest BCUT2D eigenvalue weighted by molar-refractivity contribution is 7.12. The molecule has 4 heterocycles. The number of aliphatic hydroxyl groups is 1. The van der Waals surface area contributed by atoms with E-state index in [0.29, 0.717) is 26.4 Å². The zero-order valence-corrected chi connectivity index (χ0v) is 49.6. The topological polar surface area (TPSA) is 230 Å². The molecule has 3 amide bonds. The number of aliphatic hydroxyl groups excluding tert-OH is 1. The summed E-state index contributed by atoms with van der Waals surface area (Å²) < 4.78 is 22.8. The molecular formula is C53H71N7O10S3Si2. The molecule has 1 aliphatic rings. The number of hydrogen-bond donors (Lipinski definition) is 4. The molecule has 22 heteroatoms. The van der Waals surface area contributed by atoms with E-state index in [0.717, 1.165) is 51.5 Å². The summed E-state index contributed by atoms with van der Waals surface area (Å²) in [5.74, 6) is -1.80. The summed E-state index contributed by atoms with van der Waals surface area (Å²) in [4.78, 5) is 88.2. The van der Waals surface area contributed by atoms with E-state index in [2.05, 4.69) is 60.2 Å². The van der Waals surface area contributed by atoms with Crippen LogP contribution in [0.1, 0.15) is 121 Å². The van der Waals surface area contributed by atoms with Crippen molar-refractivity contribution >= 4 is 85.9 Å². The van der Waals surface area contributed by atoms with Gasteiger partial charge in [0.2, 0.25) is 5.91 Å². The van der Waals surface area contributed by atoms with Gasteiger partial charge in [0.25, 0.3) is 0 Å². The van der Waals surface area contributed by atoms with Crippen LogP contribution in [0.4, 0.5) is 9.59 Å². The Morgan fingerprint density at radius 2 is 1.31 bits per heavy atom. The van der Waals surface area contributed by atoms with Gasteiger partial charge in [-0.05, 0) is 90.1 Å².